The smallest absolute Gasteiger partial charge is 0.333 e. The molecule has 0 heterocycles. The molecule has 0 unspecified atom stereocenters. The van der Waals surface area contributed by atoms with Crippen molar-refractivity contribution in [3.63, 3.8) is 0 Å². The minimum Gasteiger partial charge on any atom is -0.462 e. The lowest BCUT2D eigenvalue weighted by atomic mass is 10.2. The third kappa shape index (κ3) is 12.0. The van der Waals surface area contributed by atoms with Crippen LogP contribution in [0.3, 0.4) is 0 Å². The van der Waals surface area contributed by atoms with E-state index >= 15 is 0 Å². The van der Waals surface area contributed by atoms with Crippen molar-refractivity contribution in [2.75, 3.05) is 25.6 Å². The number of ether oxygens (including phenoxy) is 3. The van der Waals surface area contributed by atoms with Gasteiger partial charge in [-0.05, 0) is 20.8 Å². The summed E-state index contributed by atoms with van der Waals surface area (Å²) in [7, 11) is 0. The van der Waals surface area contributed by atoms with Crippen LogP contribution in [0.2, 0.25) is 0 Å². The lowest BCUT2D eigenvalue weighted by Crippen LogP contribution is -2.37. The standard InChI is InChI=1S/C16H24ClNO7/c1-11(2)15(22)24-8-7-23-13(20)6-5-12(19)18-9-14(21)25-16(3,4)10-17/h1,5-10H2,2-4H3,(H,18,19). The fourth-order valence-corrected chi connectivity index (χ4v) is 1.39. The molecule has 9 heteroatoms. The van der Waals surface area contributed by atoms with Gasteiger partial charge in [0.2, 0.25) is 5.91 Å². The van der Waals surface area contributed by atoms with E-state index in [1.807, 2.05) is 0 Å². The summed E-state index contributed by atoms with van der Waals surface area (Å²) in [5.74, 6) is -2.18. The summed E-state index contributed by atoms with van der Waals surface area (Å²) >= 11 is 5.62. The monoisotopic (exact) mass is 377 g/mol. The number of halogens is 1. The number of rotatable bonds is 11. The van der Waals surface area contributed by atoms with Crippen LogP contribution in [-0.2, 0) is 33.4 Å². The van der Waals surface area contributed by atoms with Gasteiger partial charge in [-0.3, -0.25) is 14.4 Å². The predicted octanol–water partition coefficient (Wildman–Crippen LogP) is 1.11. The molecule has 0 aromatic heterocycles. The first-order valence-electron chi connectivity index (χ1n) is 7.60. The summed E-state index contributed by atoms with van der Waals surface area (Å²) < 4.78 is 14.6. The van der Waals surface area contributed by atoms with Gasteiger partial charge in [0.05, 0.1) is 12.3 Å². The van der Waals surface area contributed by atoms with Crippen molar-refractivity contribution < 1.29 is 33.4 Å². The van der Waals surface area contributed by atoms with Crippen molar-refractivity contribution in [1.29, 1.82) is 0 Å². The zero-order chi connectivity index (χ0) is 19.5. The third-order valence-corrected chi connectivity index (χ3v) is 3.27. The van der Waals surface area contributed by atoms with Crippen molar-refractivity contribution in [1.82, 2.24) is 5.32 Å². The van der Waals surface area contributed by atoms with E-state index in [2.05, 4.69) is 11.9 Å². The van der Waals surface area contributed by atoms with E-state index in [0.29, 0.717) is 0 Å². The molecule has 1 amide bonds. The molecule has 0 radical (unpaired) electrons. The number of nitrogens with one attached hydrogen (secondary N) is 1. The van der Waals surface area contributed by atoms with E-state index in [-0.39, 0.29) is 44.1 Å². The van der Waals surface area contributed by atoms with Crippen LogP contribution in [0, 0.1) is 0 Å². The number of carbonyl (C=O) groups excluding carboxylic acids is 4. The second-order valence-corrected chi connectivity index (χ2v) is 6.05. The van der Waals surface area contributed by atoms with Crippen molar-refractivity contribution >= 4 is 35.4 Å². The zero-order valence-electron chi connectivity index (χ0n) is 14.7. The van der Waals surface area contributed by atoms with Crippen LogP contribution >= 0.6 is 11.6 Å². The first kappa shape index (κ1) is 22.9. The molecule has 8 nitrogen and oxygen atoms in total. The van der Waals surface area contributed by atoms with Crippen LogP contribution < -0.4 is 5.32 Å². The first-order valence-corrected chi connectivity index (χ1v) is 8.13. The Bertz CT molecular complexity index is 517. The van der Waals surface area contributed by atoms with E-state index in [0.717, 1.165) is 0 Å². The number of carbonyl (C=O) groups is 4. The van der Waals surface area contributed by atoms with Crippen LogP contribution in [0.1, 0.15) is 33.6 Å². The van der Waals surface area contributed by atoms with Crippen LogP contribution in [0.4, 0.5) is 0 Å². The molecule has 0 aliphatic heterocycles. The molecule has 0 spiro atoms. The summed E-state index contributed by atoms with van der Waals surface area (Å²) in [5.41, 5.74) is -0.572. The van der Waals surface area contributed by atoms with Crippen LogP contribution in [0.25, 0.3) is 0 Å². The molecule has 0 saturated heterocycles. The molecule has 0 atom stereocenters. The Kier molecular flexibility index (Phi) is 10.5. The maximum Gasteiger partial charge on any atom is 0.333 e. The quantitative estimate of drug-likeness (QED) is 0.189. The number of alkyl halides is 1. The fourth-order valence-electron chi connectivity index (χ4n) is 1.33. The van der Waals surface area contributed by atoms with Crippen LogP contribution in [0.5, 0.6) is 0 Å². The maximum atomic E-state index is 11.5. The molecule has 0 saturated carbocycles. The van der Waals surface area contributed by atoms with E-state index in [1.165, 1.54) is 6.92 Å². The normalized spacial score (nSPS) is 10.6. The molecule has 0 bridgehead atoms. The Morgan fingerprint density at radius 1 is 1.04 bits per heavy atom. The van der Waals surface area contributed by atoms with Crippen LogP contribution in [0.15, 0.2) is 12.2 Å². The number of hydrogen-bond acceptors (Lipinski definition) is 7. The molecule has 0 rings (SSSR count). The summed E-state index contributed by atoms with van der Waals surface area (Å²) in [6.07, 6.45) is -0.306. The lowest BCUT2D eigenvalue weighted by molar-refractivity contribution is -0.154. The van der Waals surface area contributed by atoms with Crippen LogP contribution in [-0.4, -0.2) is 55.1 Å². The highest BCUT2D eigenvalue weighted by Crippen LogP contribution is 2.10. The minimum atomic E-state index is -0.819. The second kappa shape index (κ2) is 11.5. The topological polar surface area (TPSA) is 108 Å². The largest absolute Gasteiger partial charge is 0.462 e. The van der Waals surface area contributed by atoms with E-state index in [4.69, 9.17) is 25.8 Å². The molecule has 0 aromatic rings. The SMILES string of the molecule is C=C(C)C(=O)OCCOC(=O)CCC(=O)NCC(=O)OC(C)(C)CCl. The summed E-state index contributed by atoms with van der Waals surface area (Å²) in [6.45, 7) is 7.67. The van der Waals surface area contributed by atoms with Crippen molar-refractivity contribution in [3.05, 3.63) is 12.2 Å². The molecule has 0 aliphatic rings. The maximum absolute atomic E-state index is 11.5. The molecule has 0 aromatic carbocycles. The third-order valence-electron chi connectivity index (χ3n) is 2.63. The van der Waals surface area contributed by atoms with E-state index in [9.17, 15) is 19.2 Å². The van der Waals surface area contributed by atoms with Gasteiger partial charge >= 0.3 is 17.9 Å². The van der Waals surface area contributed by atoms with E-state index < -0.39 is 29.4 Å². The molecule has 25 heavy (non-hydrogen) atoms. The first-order chi connectivity index (χ1) is 11.6. The van der Waals surface area contributed by atoms with Gasteiger partial charge in [0.1, 0.15) is 25.4 Å². The van der Waals surface area contributed by atoms with Gasteiger partial charge in [-0.1, -0.05) is 6.58 Å². The number of amides is 1. The van der Waals surface area contributed by atoms with E-state index in [1.54, 1.807) is 13.8 Å². The van der Waals surface area contributed by atoms with Crippen molar-refractivity contribution in [2.45, 2.75) is 39.2 Å². The molecule has 0 aliphatic carbocycles. The second-order valence-electron chi connectivity index (χ2n) is 5.78. The summed E-state index contributed by atoms with van der Waals surface area (Å²) in [4.78, 5) is 45.6. The molecule has 0 fully saturated rings. The van der Waals surface area contributed by atoms with Gasteiger partial charge in [-0.15, -0.1) is 11.6 Å². The Morgan fingerprint density at radius 3 is 2.20 bits per heavy atom. The highest BCUT2D eigenvalue weighted by atomic mass is 35.5. The molecule has 1 N–H and O–H groups in total. The molecule has 142 valence electrons. The average Bonchev–Trinajstić information content (AvgIpc) is 2.54. The zero-order valence-corrected chi connectivity index (χ0v) is 15.4. The summed E-state index contributed by atoms with van der Waals surface area (Å²) in [6, 6.07) is 0. The Balaban J connectivity index is 3.84. The van der Waals surface area contributed by atoms with Gasteiger partial charge in [0.15, 0.2) is 0 Å². The van der Waals surface area contributed by atoms with Gasteiger partial charge < -0.3 is 19.5 Å². The number of hydrogen-bond donors (Lipinski definition) is 1. The number of esters is 3. The fraction of sp³-hybridized carbons (Fsp3) is 0.625. The van der Waals surface area contributed by atoms with Gasteiger partial charge in [-0.25, -0.2) is 4.79 Å². The highest BCUT2D eigenvalue weighted by molar-refractivity contribution is 6.18. The Hall–Kier alpha value is -2.09. The van der Waals surface area contributed by atoms with Gasteiger partial charge in [0, 0.05) is 12.0 Å². The predicted molar refractivity (Wildman–Crippen MR) is 89.9 cm³/mol. The highest BCUT2D eigenvalue weighted by Gasteiger charge is 2.21. The van der Waals surface area contributed by atoms with Gasteiger partial charge in [0.25, 0.3) is 0 Å². The average molecular weight is 378 g/mol. The Labute approximate surface area is 151 Å². The van der Waals surface area contributed by atoms with Gasteiger partial charge in [-0.2, -0.15) is 0 Å². The minimum absolute atomic E-state index is 0.0914. The molecular weight excluding hydrogens is 354 g/mol. The van der Waals surface area contributed by atoms with Crippen molar-refractivity contribution in [3.8, 4) is 0 Å². The lowest BCUT2D eigenvalue weighted by Gasteiger charge is -2.22. The molecular formula is C16H24ClNO7. The summed E-state index contributed by atoms with van der Waals surface area (Å²) in [5, 5.41) is 2.34. The van der Waals surface area contributed by atoms with Crippen molar-refractivity contribution in [2.24, 2.45) is 0 Å². The Morgan fingerprint density at radius 2 is 1.64 bits per heavy atom.